The van der Waals surface area contributed by atoms with E-state index in [1.54, 1.807) is 7.05 Å². The second-order valence-corrected chi connectivity index (χ2v) is 9.20. The van der Waals surface area contributed by atoms with Crippen molar-refractivity contribution in [2.75, 3.05) is 32.5 Å². The number of nitrogens with one attached hydrogen (secondary N) is 2. The normalized spacial score (nSPS) is 20.1. The number of sulfonamides is 1. The molecule has 1 aliphatic heterocycles. The van der Waals surface area contributed by atoms with Crippen LogP contribution in [0.2, 0.25) is 0 Å². The third-order valence-electron chi connectivity index (χ3n) is 5.20. The summed E-state index contributed by atoms with van der Waals surface area (Å²) in [6.45, 7) is 1.91. The van der Waals surface area contributed by atoms with Crippen LogP contribution >= 0.6 is 0 Å². The smallest absolute Gasteiger partial charge is 0.255 e. The highest BCUT2D eigenvalue weighted by Gasteiger charge is 2.31. The molecule has 2 N–H and O–H groups in total. The number of anilines is 1. The maximum absolute atomic E-state index is 13.2. The van der Waals surface area contributed by atoms with Gasteiger partial charge in [0.2, 0.25) is 10.0 Å². The van der Waals surface area contributed by atoms with E-state index in [4.69, 9.17) is 0 Å². The average Bonchev–Trinajstić information content (AvgIpc) is 2.68. The molecule has 1 aliphatic rings. The molecule has 0 atom stereocenters. The van der Waals surface area contributed by atoms with Gasteiger partial charge < -0.3 is 10.2 Å². The molecule has 0 bridgehead atoms. The third-order valence-corrected chi connectivity index (χ3v) is 7.12. The van der Waals surface area contributed by atoms with Gasteiger partial charge >= 0.3 is 0 Å². The minimum atomic E-state index is -3.60. The van der Waals surface area contributed by atoms with Crippen LogP contribution in [0.4, 0.5) is 10.1 Å². The summed E-state index contributed by atoms with van der Waals surface area (Å²) in [5.74, 6) is -0.950. The van der Waals surface area contributed by atoms with Gasteiger partial charge in [0.1, 0.15) is 5.82 Å². The molecule has 1 amide bonds. The zero-order valence-electron chi connectivity index (χ0n) is 16.0. The predicted octanol–water partition coefficient (Wildman–Crippen LogP) is 1.38. The van der Waals surface area contributed by atoms with Crippen LogP contribution in [0.5, 0.6) is 0 Å². The lowest BCUT2D eigenvalue weighted by Gasteiger charge is -2.32. The molecular formula is C20H25FN3O3S+. The number of amides is 1. The molecule has 28 heavy (non-hydrogen) atoms. The van der Waals surface area contributed by atoms with Crippen LogP contribution in [-0.4, -0.2) is 51.9 Å². The van der Waals surface area contributed by atoms with E-state index in [0.717, 1.165) is 32.0 Å². The van der Waals surface area contributed by atoms with Crippen LogP contribution in [0.25, 0.3) is 0 Å². The van der Waals surface area contributed by atoms with Gasteiger partial charge in [-0.15, -0.1) is 0 Å². The average molecular weight is 407 g/mol. The first-order valence-corrected chi connectivity index (χ1v) is 10.7. The molecule has 0 saturated carbocycles. The molecule has 0 aliphatic carbocycles. The van der Waals surface area contributed by atoms with E-state index >= 15 is 0 Å². The first-order valence-electron chi connectivity index (χ1n) is 9.23. The van der Waals surface area contributed by atoms with Crippen LogP contribution < -0.4 is 10.2 Å². The highest BCUT2D eigenvalue weighted by molar-refractivity contribution is 7.89. The van der Waals surface area contributed by atoms with Crippen LogP contribution in [0.15, 0.2) is 53.4 Å². The van der Waals surface area contributed by atoms with E-state index in [9.17, 15) is 17.6 Å². The Morgan fingerprint density at radius 2 is 1.79 bits per heavy atom. The number of likely N-dealkylation sites (tertiary alicyclic amines) is 1. The van der Waals surface area contributed by atoms with Crippen LogP contribution in [-0.2, 0) is 10.0 Å². The Labute approximate surface area is 165 Å². The molecule has 0 spiro atoms. The van der Waals surface area contributed by atoms with Crippen molar-refractivity contribution in [1.82, 2.24) is 4.31 Å². The van der Waals surface area contributed by atoms with Gasteiger partial charge in [-0.25, -0.2) is 12.8 Å². The van der Waals surface area contributed by atoms with Gasteiger partial charge in [-0.2, -0.15) is 4.31 Å². The first-order chi connectivity index (χ1) is 13.3. The topological polar surface area (TPSA) is 70.9 Å². The van der Waals surface area contributed by atoms with Crippen molar-refractivity contribution >= 4 is 21.6 Å². The van der Waals surface area contributed by atoms with Crippen molar-refractivity contribution < 1.29 is 22.5 Å². The van der Waals surface area contributed by atoms with Gasteiger partial charge in [-0.1, -0.05) is 6.07 Å². The number of carbonyl (C=O) groups is 1. The summed E-state index contributed by atoms with van der Waals surface area (Å²) in [4.78, 5) is 13.8. The summed E-state index contributed by atoms with van der Waals surface area (Å²) in [5.41, 5.74) is 0.639. The van der Waals surface area contributed by atoms with E-state index in [-0.39, 0.29) is 16.5 Å². The molecule has 2 aromatic carbocycles. The molecule has 1 fully saturated rings. The zero-order chi connectivity index (χ0) is 20.3. The molecule has 3 rings (SSSR count). The van der Waals surface area contributed by atoms with Gasteiger partial charge in [-0.05, 0) is 42.5 Å². The van der Waals surface area contributed by atoms with Crippen molar-refractivity contribution in [3.63, 3.8) is 0 Å². The van der Waals surface area contributed by atoms with Crippen LogP contribution in [0.1, 0.15) is 23.2 Å². The summed E-state index contributed by atoms with van der Waals surface area (Å²) in [7, 11) is 0.141. The fraction of sp³-hybridized carbons (Fsp3) is 0.350. The lowest BCUT2D eigenvalue weighted by molar-refractivity contribution is -0.885. The molecule has 2 aromatic rings. The number of carbonyl (C=O) groups excluding carboxylic acids is 1. The number of hydrogen-bond acceptors (Lipinski definition) is 3. The van der Waals surface area contributed by atoms with Crippen molar-refractivity contribution in [3.8, 4) is 0 Å². The maximum atomic E-state index is 13.2. The quantitative estimate of drug-likeness (QED) is 0.788. The molecular weight excluding hydrogens is 381 g/mol. The number of rotatable bonds is 5. The molecule has 8 heteroatoms. The Kier molecular flexibility index (Phi) is 6.12. The number of nitrogens with zero attached hydrogens (tertiary/aromatic N) is 1. The molecule has 0 radical (unpaired) electrons. The zero-order valence-corrected chi connectivity index (χ0v) is 16.8. The van der Waals surface area contributed by atoms with Crippen LogP contribution in [0, 0.1) is 5.82 Å². The van der Waals surface area contributed by atoms with Gasteiger partial charge in [0.15, 0.2) is 0 Å². The van der Waals surface area contributed by atoms with E-state index in [1.807, 2.05) is 0 Å². The number of hydrogen-bond donors (Lipinski definition) is 2. The van der Waals surface area contributed by atoms with E-state index < -0.39 is 21.7 Å². The van der Waals surface area contributed by atoms with E-state index in [0.29, 0.717) is 5.69 Å². The molecule has 1 saturated heterocycles. The lowest BCUT2D eigenvalue weighted by atomic mass is 10.1. The highest BCUT2D eigenvalue weighted by atomic mass is 32.2. The Hall–Kier alpha value is -2.29. The van der Waals surface area contributed by atoms with Crippen molar-refractivity contribution in [3.05, 3.63) is 59.9 Å². The molecule has 1 heterocycles. The Morgan fingerprint density at radius 1 is 1.14 bits per heavy atom. The minimum absolute atomic E-state index is 0.000978. The predicted molar refractivity (Wildman–Crippen MR) is 105 cm³/mol. The number of quaternary nitrogens is 1. The summed E-state index contributed by atoms with van der Waals surface area (Å²) < 4.78 is 40.5. The van der Waals surface area contributed by atoms with Gasteiger partial charge in [0, 0.05) is 37.2 Å². The van der Waals surface area contributed by atoms with Crippen molar-refractivity contribution in [2.45, 2.75) is 23.8 Å². The van der Waals surface area contributed by atoms with E-state index in [2.05, 4.69) is 12.4 Å². The third kappa shape index (κ3) is 4.57. The van der Waals surface area contributed by atoms with Gasteiger partial charge in [0.05, 0.1) is 25.0 Å². The molecule has 150 valence electrons. The number of halogens is 1. The SMILES string of the molecule is CN(C1CC[NH+](C)CC1)S(=O)(=O)c1ccc(NC(=O)c2cccc(F)c2)cc1. The van der Waals surface area contributed by atoms with E-state index in [1.165, 1.54) is 51.7 Å². The lowest BCUT2D eigenvalue weighted by Crippen LogP contribution is -3.10. The van der Waals surface area contributed by atoms with Gasteiger partial charge in [0.25, 0.3) is 5.91 Å². The van der Waals surface area contributed by atoms with Crippen molar-refractivity contribution in [2.24, 2.45) is 0 Å². The van der Waals surface area contributed by atoms with Crippen LogP contribution in [0.3, 0.4) is 0 Å². The summed E-state index contributed by atoms with van der Waals surface area (Å²) >= 11 is 0. The highest BCUT2D eigenvalue weighted by Crippen LogP contribution is 2.22. The van der Waals surface area contributed by atoms with Gasteiger partial charge in [-0.3, -0.25) is 4.79 Å². The monoisotopic (exact) mass is 406 g/mol. The summed E-state index contributed by atoms with van der Waals surface area (Å²) in [6, 6.07) is 11.4. The first kappa shape index (κ1) is 20.4. The fourth-order valence-electron chi connectivity index (χ4n) is 3.36. The molecule has 0 unspecified atom stereocenters. The summed E-state index contributed by atoms with van der Waals surface area (Å²) in [6.07, 6.45) is 1.67. The Balaban J connectivity index is 1.70. The summed E-state index contributed by atoms with van der Waals surface area (Å²) in [5, 5.41) is 2.64. The number of piperidine rings is 1. The largest absolute Gasteiger partial charge is 0.337 e. The van der Waals surface area contributed by atoms with Crippen molar-refractivity contribution in [1.29, 1.82) is 0 Å². The Bertz CT molecular complexity index is 939. The molecule has 0 aromatic heterocycles. The standard InChI is InChI=1S/C20H24FN3O3S/c1-23-12-10-18(11-13-23)24(2)28(26,27)19-8-6-17(7-9-19)22-20(25)15-4-3-5-16(21)14-15/h3-9,14,18H,10-13H2,1-2H3,(H,22,25)/p+1. The minimum Gasteiger partial charge on any atom is -0.337 e. The second-order valence-electron chi connectivity index (χ2n) is 7.20. The Morgan fingerprint density at radius 3 is 2.39 bits per heavy atom. The fourth-order valence-corrected chi connectivity index (χ4v) is 4.78. The molecule has 6 nitrogen and oxygen atoms in total. The maximum Gasteiger partial charge on any atom is 0.255 e. The number of benzene rings is 2. The second kappa shape index (κ2) is 8.38.